The van der Waals surface area contributed by atoms with Crippen molar-refractivity contribution in [2.24, 2.45) is 0 Å². The highest BCUT2D eigenvalue weighted by molar-refractivity contribution is 7.91. The lowest BCUT2D eigenvalue weighted by Gasteiger charge is -2.32. The van der Waals surface area contributed by atoms with E-state index in [2.05, 4.69) is 47.3 Å². The number of sulfone groups is 2. The maximum absolute atomic E-state index is 13.3. The Balaban J connectivity index is 2.03. The van der Waals surface area contributed by atoms with Gasteiger partial charge in [0.2, 0.25) is 0 Å². The molecule has 0 unspecified atom stereocenters. The Morgan fingerprint density at radius 1 is 0.639 bits per heavy atom. The summed E-state index contributed by atoms with van der Waals surface area (Å²) in [6, 6.07) is -0.225. The maximum atomic E-state index is 13.3. The highest BCUT2D eigenvalue weighted by Crippen LogP contribution is 2.20. The molecular weight excluding hydrogens is 500 g/mol. The minimum Gasteiger partial charge on any atom is -0.304 e. The predicted octanol–water partition coefficient (Wildman–Crippen LogP) is 0.998. The van der Waals surface area contributed by atoms with Gasteiger partial charge in [-0.2, -0.15) is 0 Å². The largest absolute Gasteiger partial charge is 0.304 e. The first-order valence-electron chi connectivity index (χ1n) is 13.9. The standard InChI is InChI=1S/C25H50N4O5S2/c1-5-26(6-2)13-9-15-28(23-11-17-35(31,32)21-23)19-25(30)20-29(16-10-14-27(7-3)8-4)24-12-18-36(33,34)22-24/h23-24H,5-22H2,1-4H3/t23-,24-/m1/s1. The quantitative estimate of drug-likeness (QED) is 0.247. The third kappa shape index (κ3) is 10.6. The van der Waals surface area contributed by atoms with Crippen molar-refractivity contribution in [2.45, 2.75) is 65.5 Å². The lowest BCUT2D eigenvalue weighted by Crippen LogP contribution is -2.47. The average molecular weight is 551 g/mol. The van der Waals surface area contributed by atoms with E-state index >= 15 is 0 Å². The van der Waals surface area contributed by atoms with Gasteiger partial charge in [0.15, 0.2) is 25.5 Å². The third-order valence-corrected chi connectivity index (χ3v) is 11.3. The van der Waals surface area contributed by atoms with Crippen molar-refractivity contribution in [3.8, 4) is 0 Å². The minimum atomic E-state index is -3.05. The molecule has 2 fully saturated rings. The number of hydrogen-bond donors (Lipinski definition) is 0. The summed E-state index contributed by atoms with van der Waals surface area (Å²) in [5, 5.41) is 0. The first-order valence-corrected chi connectivity index (χ1v) is 17.5. The molecule has 2 rings (SSSR count). The van der Waals surface area contributed by atoms with Gasteiger partial charge in [-0.05, 0) is 65.0 Å². The second-order valence-electron chi connectivity index (χ2n) is 10.4. The van der Waals surface area contributed by atoms with Crippen LogP contribution in [0.2, 0.25) is 0 Å². The van der Waals surface area contributed by atoms with Gasteiger partial charge in [0, 0.05) is 25.2 Å². The Morgan fingerprint density at radius 3 is 1.28 bits per heavy atom. The van der Waals surface area contributed by atoms with Crippen molar-refractivity contribution in [2.75, 3.05) is 88.5 Å². The number of carbonyl (C=O) groups excluding carboxylic acids is 1. The number of rotatable bonds is 18. The van der Waals surface area contributed by atoms with E-state index in [1.165, 1.54) is 0 Å². The fraction of sp³-hybridized carbons (Fsp3) is 0.960. The zero-order chi connectivity index (χ0) is 26.8. The predicted molar refractivity (Wildman–Crippen MR) is 147 cm³/mol. The molecule has 0 aromatic carbocycles. The Morgan fingerprint density at radius 2 is 1.00 bits per heavy atom. The molecule has 0 aromatic rings. The van der Waals surface area contributed by atoms with Crippen molar-refractivity contribution < 1.29 is 21.6 Å². The van der Waals surface area contributed by atoms with Gasteiger partial charge >= 0.3 is 0 Å². The van der Waals surface area contributed by atoms with Crippen LogP contribution in [0.4, 0.5) is 0 Å². The van der Waals surface area contributed by atoms with Gasteiger partial charge in [-0.1, -0.05) is 27.7 Å². The van der Waals surface area contributed by atoms with Crippen LogP contribution < -0.4 is 0 Å². The number of carbonyl (C=O) groups is 1. The zero-order valence-electron chi connectivity index (χ0n) is 23.0. The second kappa shape index (κ2) is 15.1. The van der Waals surface area contributed by atoms with Crippen LogP contribution in [0.15, 0.2) is 0 Å². The summed E-state index contributed by atoms with van der Waals surface area (Å²) in [7, 11) is -6.09. The van der Waals surface area contributed by atoms with E-state index in [1.807, 2.05) is 0 Å². The normalized spacial score (nSPS) is 23.4. The first-order chi connectivity index (χ1) is 17.0. The van der Waals surface area contributed by atoms with Gasteiger partial charge in [0.25, 0.3) is 0 Å². The summed E-state index contributed by atoms with van der Waals surface area (Å²) in [4.78, 5) is 22.1. The maximum Gasteiger partial charge on any atom is 0.160 e. The molecule has 2 aliphatic rings. The fourth-order valence-corrected chi connectivity index (χ4v) is 9.01. The van der Waals surface area contributed by atoms with Gasteiger partial charge in [0.1, 0.15) is 0 Å². The lowest BCUT2D eigenvalue weighted by molar-refractivity contribution is -0.122. The molecule has 0 aliphatic carbocycles. The van der Waals surface area contributed by atoms with Gasteiger partial charge in [0.05, 0.1) is 36.1 Å². The summed E-state index contributed by atoms with van der Waals surface area (Å²) >= 11 is 0. The molecule has 0 radical (unpaired) electrons. The van der Waals surface area contributed by atoms with Crippen LogP contribution in [-0.4, -0.2) is 143 Å². The van der Waals surface area contributed by atoms with Crippen LogP contribution in [0.1, 0.15) is 53.4 Å². The molecule has 2 aliphatic heterocycles. The minimum absolute atomic E-state index is 0.0503. The number of Topliss-reactive ketones (excluding diaryl/α,β-unsaturated/α-hetero) is 1. The summed E-state index contributed by atoms with van der Waals surface area (Å²) in [6.45, 7) is 16.1. The molecule has 2 saturated heterocycles. The molecule has 0 N–H and O–H groups in total. The Bertz CT molecular complexity index is 803. The first kappa shape index (κ1) is 31.6. The lowest BCUT2D eigenvalue weighted by atomic mass is 10.1. The monoisotopic (exact) mass is 550 g/mol. The van der Waals surface area contributed by atoms with Gasteiger partial charge in [-0.25, -0.2) is 16.8 Å². The molecule has 0 amide bonds. The average Bonchev–Trinajstić information content (AvgIpc) is 3.38. The van der Waals surface area contributed by atoms with Crippen molar-refractivity contribution in [1.29, 1.82) is 0 Å². The Hall–Kier alpha value is -0.590. The van der Waals surface area contributed by atoms with E-state index in [0.717, 1.165) is 52.1 Å². The highest BCUT2D eigenvalue weighted by atomic mass is 32.2. The summed E-state index contributed by atoms with van der Waals surface area (Å²) < 4.78 is 48.6. The Kier molecular flexibility index (Phi) is 13.3. The van der Waals surface area contributed by atoms with E-state index in [9.17, 15) is 21.6 Å². The highest BCUT2D eigenvalue weighted by Gasteiger charge is 2.35. The third-order valence-electron chi connectivity index (χ3n) is 7.84. The molecular formula is C25H50N4O5S2. The van der Waals surface area contributed by atoms with E-state index < -0.39 is 19.7 Å². The SMILES string of the molecule is CCN(CC)CCCN(CC(=O)CN(CCCN(CC)CC)[C@@H]1CCS(=O)(=O)C1)[C@@H]1CCS(=O)(=O)C1. The van der Waals surface area contributed by atoms with Crippen molar-refractivity contribution >= 4 is 25.5 Å². The van der Waals surface area contributed by atoms with Crippen LogP contribution in [-0.2, 0) is 24.5 Å². The number of ketones is 1. The topological polar surface area (TPSA) is 98.3 Å². The van der Waals surface area contributed by atoms with Gasteiger partial charge in [-0.3, -0.25) is 14.6 Å². The fourth-order valence-electron chi connectivity index (χ4n) is 5.49. The van der Waals surface area contributed by atoms with Gasteiger partial charge in [-0.15, -0.1) is 0 Å². The van der Waals surface area contributed by atoms with Crippen molar-refractivity contribution in [3.63, 3.8) is 0 Å². The van der Waals surface area contributed by atoms with E-state index in [0.29, 0.717) is 25.9 Å². The smallest absolute Gasteiger partial charge is 0.160 e. The molecule has 2 heterocycles. The van der Waals surface area contributed by atoms with Crippen LogP contribution in [0.5, 0.6) is 0 Å². The second-order valence-corrected chi connectivity index (χ2v) is 14.8. The molecule has 212 valence electrons. The van der Waals surface area contributed by atoms with E-state index in [-0.39, 0.29) is 54.0 Å². The molecule has 0 aromatic heterocycles. The molecule has 11 heteroatoms. The molecule has 0 saturated carbocycles. The van der Waals surface area contributed by atoms with Crippen LogP contribution in [0.3, 0.4) is 0 Å². The molecule has 9 nitrogen and oxygen atoms in total. The van der Waals surface area contributed by atoms with Crippen LogP contribution >= 0.6 is 0 Å². The summed E-state index contributed by atoms with van der Waals surface area (Å²) in [6.07, 6.45) is 2.94. The number of hydrogen-bond acceptors (Lipinski definition) is 9. The number of nitrogens with zero attached hydrogens (tertiary/aromatic N) is 4. The molecule has 0 bridgehead atoms. The van der Waals surface area contributed by atoms with Crippen molar-refractivity contribution in [1.82, 2.24) is 19.6 Å². The molecule has 0 spiro atoms. The Labute approximate surface area is 220 Å². The molecule has 2 atom stereocenters. The zero-order valence-corrected chi connectivity index (χ0v) is 24.7. The van der Waals surface area contributed by atoms with Crippen LogP contribution in [0.25, 0.3) is 0 Å². The molecule has 36 heavy (non-hydrogen) atoms. The van der Waals surface area contributed by atoms with E-state index in [1.54, 1.807) is 0 Å². The van der Waals surface area contributed by atoms with Gasteiger partial charge < -0.3 is 9.80 Å². The van der Waals surface area contributed by atoms with Crippen molar-refractivity contribution in [3.05, 3.63) is 0 Å². The summed E-state index contributed by atoms with van der Waals surface area (Å²) in [5.74, 6) is 0.681. The summed E-state index contributed by atoms with van der Waals surface area (Å²) in [5.41, 5.74) is 0. The van der Waals surface area contributed by atoms with Crippen LogP contribution in [0, 0.1) is 0 Å². The van der Waals surface area contributed by atoms with E-state index in [4.69, 9.17) is 0 Å².